The number of carbonyl (C=O) groups excluding carboxylic acids is 2. The van der Waals surface area contributed by atoms with E-state index in [1.54, 1.807) is 36.4 Å². The maximum Gasteiger partial charge on any atom is 0.248 e. The minimum atomic E-state index is -0.473. The number of rotatable bonds is 4. The van der Waals surface area contributed by atoms with Gasteiger partial charge in [0.05, 0.1) is 13.0 Å². The Morgan fingerprint density at radius 1 is 1.04 bits per heavy atom. The quantitative estimate of drug-likeness (QED) is 0.845. The van der Waals surface area contributed by atoms with Gasteiger partial charge in [-0.25, -0.2) is 0 Å². The molecule has 2 amide bonds. The molecular formula is C18H15ClN2O2. The van der Waals surface area contributed by atoms with Gasteiger partial charge < -0.3 is 11.1 Å². The van der Waals surface area contributed by atoms with Crippen molar-refractivity contribution >= 4 is 23.4 Å². The first kappa shape index (κ1) is 16.6. The molecule has 0 heterocycles. The third-order valence-electron chi connectivity index (χ3n) is 3.05. The van der Waals surface area contributed by atoms with Gasteiger partial charge in [-0.15, -0.1) is 0 Å². The Morgan fingerprint density at radius 3 is 2.30 bits per heavy atom. The smallest absolute Gasteiger partial charge is 0.248 e. The average Bonchev–Trinajstić information content (AvgIpc) is 2.54. The lowest BCUT2D eigenvalue weighted by molar-refractivity contribution is -0.120. The van der Waals surface area contributed by atoms with Gasteiger partial charge in [-0.3, -0.25) is 9.59 Å². The summed E-state index contributed by atoms with van der Waals surface area (Å²) in [4.78, 5) is 22.7. The molecule has 2 rings (SSSR count). The molecule has 5 heteroatoms. The minimum Gasteiger partial charge on any atom is -0.366 e. The van der Waals surface area contributed by atoms with Gasteiger partial charge in [0.25, 0.3) is 0 Å². The normalized spacial score (nSPS) is 9.61. The van der Waals surface area contributed by atoms with E-state index < -0.39 is 5.91 Å². The molecule has 0 saturated carbocycles. The Morgan fingerprint density at radius 2 is 1.70 bits per heavy atom. The Balaban J connectivity index is 1.81. The van der Waals surface area contributed by atoms with Crippen molar-refractivity contribution in [2.45, 2.75) is 6.42 Å². The number of nitrogens with one attached hydrogen (secondary N) is 1. The Hall–Kier alpha value is -2.77. The molecule has 0 aliphatic carbocycles. The van der Waals surface area contributed by atoms with Crippen molar-refractivity contribution < 1.29 is 9.59 Å². The molecule has 2 aromatic rings. The lowest BCUT2D eigenvalue weighted by atomic mass is 10.1. The number of carbonyl (C=O) groups is 2. The van der Waals surface area contributed by atoms with Crippen molar-refractivity contribution in [3.8, 4) is 11.8 Å². The summed E-state index contributed by atoms with van der Waals surface area (Å²) in [6.45, 7) is 0.254. The first-order valence-electron chi connectivity index (χ1n) is 6.94. The molecule has 2 aromatic carbocycles. The lowest BCUT2D eigenvalue weighted by Crippen LogP contribution is -2.25. The third kappa shape index (κ3) is 5.50. The Labute approximate surface area is 139 Å². The zero-order chi connectivity index (χ0) is 16.7. The van der Waals surface area contributed by atoms with E-state index >= 15 is 0 Å². The van der Waals surface area contributed by atoms with Crippen LogP contribution < -0.4 is 11.1 Å². The minimum absolute atomic E-state index is 0.106. The number of halogens is 1. The van der Waals surface area contributed by atoms with Crippen LogP contribution in [0.2, 0.25) is 5.02 Å². The van der Waals surface area contributed by atoms with Crippen LogP contribution in [0.5, 0.6) is 0 Å². The number of primary amides is 1. The SMILES string of the molecule is NC(=O)c1ccc(C#CCNC(=O)Cc2ccc(Cl)cc2)cc1. The van der Waals surface area contributed by atoms with Gasteiger partial charge in [-0.2, -0.15) is 0 Å². The van der Waals surface area contributed by atoms with Crippen LogP contribution >= 0.6 is 11.6 Å². The second kappa shape index (κ2) is 8.02. The van der Waals surface area contributed by atoms with Crippen molar-refractivity contribution in [3.63, 3.8) is 0 Å². The molecule has 0 spiro atoms. The number of hydrogen-bond donors (Lipinski definition) is 2. The first-order chi connectivity index (χ1) is 11.0. The molecule has 0 unspecified atom stereocenters. The zero-order valence-electron chi connectivity index (χ0n) is 12.3. The van der Waals surface area contributed by atoms with Crippen LogP contribution in [0.25, 0.3) is 0 Å². The molecule has 0 radical (unpaired) electrons. The van der Waals surface area contributed by atoms with Gasteiger partial charge >= 0.3 is 0 Å². The highest BCUT2D eigenvalue weighted by atomic mass is 35.5. The van der Waals surface area contributed by atoms with E-state index in [1.165, 1.54) is 0 Å². The summed E-state index contributed by atoms with van der Waals surface area (Å²) in [5.74, 6) is 5.18. The molecule has 23 heavy (non-hydrogen) atoms. The van der Waals surface area contributed by atoms with Crippen molar-refractivity contribution in [3.05, 3.63) is 70.2 Å². The van der Waals surface area contributed by atoms with E-state index in [-0.39, 0.29) is 18.9 Å². The summed E-state index contributed by atoms with van der Waals surface area (Å²) < 4.78 is 0. The van der Waals surface area contributed by atoms with Gasteiger partial charge in [-0.1, -0.05) is 35.6 Å². The molecule has 0 atom stereocenters. The van der Waals surface area contributed by atoms with Crippen LogP contribution in [0.3, 0.4) is 0 Å². The van der Waals surface area contributed by atoms with E-state index in [4.69, 9.17) is 17.3 Å². The molecule has 3 N–H and O–H groups in total. The van der Waals surface area contributed by atoms with Crippen molar-refractivity contribution in [2.24, 2.45) is 5.73 Å². The fourth-order valence-electron chi connectivity index (χ4n) is 1.86. The second-order valence-electron chi connectivity index (χ2n) is 4.82. The molecule has 0 aliphatic heterocycles. The molecule has 0 aliphatic rings. The van der Waals surface area contributed by atoms with Crippen molar-refractivity contribution in [1.82, 2.24) is 5.32 Å². The highest BCUT2D eigenvalue weighted by Crippen LogP contribution is 2.09. The van der Waals surface area contributed by atoms with Gasteiger partial charge in [-0.05, 0) is 42.0 Å². The molecule has 0 bridgehead atoms. The van der Waals surface area contributed by atoms with Crippen LogP contribution in [-0.2, 0) is 11.2 Å². The van der Waals surface area contributed by atoms with E-state index in [0.717, 1.165) is 11.1 Å². The summed E-state index contributed by atoms with van der Waals surface area (Å²) in [6.07, 6.45) is 0.284. The van der Waals surface area contributed by atoms with Crippen molar-refractivity contribution in [1.29, 1.82) is 0 Å². The number of nitrogens with two attached hydrogens (primary N) is 1. The molecule has 0 saturated heterocycles. The monoisotopic (exact) mass is 326 g/mol. The Kier molecular flexibility index (Phi) is 5.79. The lowest BCUT2D eigenvalue weighted by Gasteiger charge is -2.01. The van der Waals surface area contributed by atoms with E-state index in [2.05, 4.69) is 17.2 Å². The predicted octanol–water partition coefficient (Wildman–Crippen LogP) is 2.15. The standard InChI is InChI=1S/C18H15ClN2O2/c19-16-9-5-14(6-10-16)12-17(22)21-11-1-2-13-3-7-15(8-4-13)18(20)23/h3-10H,11-12H2,(H2,20,23)(H,21,22). The van der Waals surface area contributed by atoms with E-state index in [9.17, 15) is 9.59 Å². The van der Waals surface area contributed by atoms with Gasteiger partial charge in [0.2, 0.25) is 11.8 Å². The molecule has 0 fully saturated rings. The number of amides is 2. The van der Waals surface area contributed by atoms with E-state index in [1.807, 2.05) is 12.1 Å². The maximum atomic E-state index is 11.8. The highest BCUT2D eigenvalue weighted by molar-refractivity contribution is 6.30. The van der Waals surface area contributed by atoms with E-state index in [0.29, 0.717) is 10.6 Å². The number of benzene rings is 2. The summed E-state index contributed by atoms with van der Waals surface area (Å²) in [5, 5.41) is 3.37. The van der Waals surface area contributed by atoms with Gasteiger partial charge in [0.1, 0.15) is 0 Å². The highest BCUT2D eigenvalue weighted by Gasteiger charge is 2.01. The second-order valence-corrected chi connectivity index (χ2v) is 5.26. The van der Waals surface area contributed by atoms with Crippen LogP contribution in [-0.4, -0.2) is 18.4 Å². The summed E-state index contributed by atoms with van der Waals surface area (Å²) in [7, 11) is 0. The Bertz CT molecular complexity index is 756. The van der Waals surface area contributed by atoms with Gasteiger partial charge in [0, 0.05) is 16.1 Å². The average molecular weight is 327 g/mol. The summed E-state index contributed by atoms with van der Waals surface area (Å²) in [5.41, 5.74) is 7.24. The molecular weight excluding hydrogens is 312 g/mol. The zero-order valence-corrected chi connectivity index (χ0v) is 13.1. The molecule has 0 aromatic heterocycles. The largest absolute Gasteiger partial charge is 0.366 e. The molecule has 4 nitrogen and oxygen atoms in total. The van der Waals surface area contributed by atoms with Crippen LogP contribution in [0.1, 0.15) is 21.5 Å². The summed E-state index contributed by atoms with van der Waals surface area (Å²) >= 11 is 5.79. The topological polar surface area (TPSA) is 72.2 Å². The molecule has 116 valence electrons. The number of hydrogen-bond acceptors (Lipinski definition) is 2. The maximum absolute atomic E-state index is 11.8. The fraction of sp³-hybridized carbons (Fsp3) is 0.111. The van der Waals surface area contributed by atoms with Gasteiger partial charge in [0.15, 0.2) is 0 Å². The van der Waals surface area contributed by atoms with Crippen molar-refractivity contribution in [2.75, 3.05) is 6.54 Å². The van der Waals surface area contributed by atoms with Crippen LogP contribution in [0, 0.1) is 11.8 Å². The van der Waals surface area contributed by atoms with Crippen LogP contribution in [0.15, 0.2) is 48.5 Å². The fourth-order valence-corrected chi connectivity index (χ4v) is 1.98. The first-order valence-corrected chi connectivity index (χ1v) is 7.32. The summed E-state index contributed by atoms with van der Waals surface area (Å²) in [6, 6.07) is 13.8. The third-order valence-corrected chi connectivity index (χ3v) is 3.31. The van der Waals surface area contributed by atoms with Crippen LogP contribution in [0.4, 0.5) is 0 Å². The predicted molar refractivity (Wildman–Crippen MR) is 90.0 cm³/mol.